The Labute approximate surface area is 102 Å². The molecule has 2 rings (SSSR count). The predicted molar refractivity (Wildman–Crippen MR) is 70.0 cm³/mol. The van der Waals surface area contributed by atoms with Gasteiger partial charge in [-0.1, -0.05) is 13.3 Å². The fraction of sp³-hybridized carbons (Fsp3) is 0.385. The summed E-state index contributed by atoms with van der Waals surface area (Å²) in [5, 5.41) is 0.971. The Kier molecular flexibility index (Phi) is 3.24. The van der Waals surface area contributed by atoms with Crippen LogP contribution in [0.15, 0.2) is 29.2 Å². The summed E-state index contributed by atoms with van der Waals surface area (Å²) in [7, 11) is -3.12. The van der Waals surface area contributed by atoms with Gasteiger partial charge in [0.2, 0.25) is 0 Å². The van der Waals surface area contributed by atoms with Crippen LogP contribution in [0, 0.1) is 0 Å². The number of unbranched alkanes of at least 4 members (excludes halogenated alkanes) is 1. The number of benzene rings is 1. The maximum atomic E-state index is 11.4. The first-order valence-corrected chi connectivity index (χ1v) is 7.71. The predicted octanol–water partition coefficient (Wildman–Crippen LogP) is 2.91. The minimum absolute atomic E-state index is 0.381. The Morgan fingerprint density at radius 2 is 2.00 bits per heavy atom. The van der Waals surface area contributed by atoms with Crippen molar-refractivity contribution >= 4 is 20.7 Å². The monoisotopic (exact) mass is 251 g/mol. The largest absolute Gasteiger partial charge is 0.358 e. The van der Waals surface area contributed by atoms with E-state index in [2.05, 4.69) is 11.9 Å². The molecular formula is C13H17NO2S. The van der Waals surface area contributed by atoms with Gasteiger partial charge in [0.1, 0.15) is 0 Å². The van der Waals surface area contributed by atoms with E-state index in [0.29, 0.717) is 4.90 Å². The molecule has 0 aliphatic carbocycles. The molecule has 1 aromatic heterocycles. The zero-order valence-electron chi connectivity index (χ0n) is 10.2. The quantitative estimate of drug-likeness (QED) is 0.908. The number of hydrogen-bond donors (Lipinski definition) is 1. The second kappa shape index (κ2) is 4.53. The van der Waals surface area contributed by atoms with Crippen LogP contribution in [0.5, 0.6) is 0 Å². The van der Waals surface area contributed by atoms with Crippen molar-refractivity contribution in [1.82, 2.24) is 4.98 Å². The molecule has 0 aliphatic heterocycles. The molecule has 0 fully saturated rings. The maximum absolute atomic E-state index is 11.4. The van der Waals surface area contributed by atoms with Gasteiger partial charge in [0, 0.05) is 22.9 Å². The van der Waals surface area contributed by atoms with E-state index in [-0.39, 0.29) is 0 Å². The van der Waals surface area contributed by atoms with Crippen LogP contribution in [0.1, 0.15) is 25.5 Å². The smallest absolute Gasteiger partial charge is 0.175 e. The molecule has 92 valence electrons. The molecule has 0 atom stereocenters. The Bertz CT molecular complexity index is 626. The Morgan fingerprint density at radius 3 is 2.65 bits per heavy atom. The van der Waals surface area contributed by atoms with Crippen molar-refractivity contribution in [3.05, 3.63) is 30.0 Å². The van der Waals surface area contributed by atoms with Crippen LogP contribution in [0.2, 0.25) is 0 Å². The van der Waals surface area contributed by atoms with Crippen LogP contribution in [0.25, 0.3) is 10.9 Å². The van der Waals surface area contributed by atoms with Gasteiger partial charge in [-0.05, 0) is 37.1 Å². The second-order valence-corrected chi connectivity index (χ2v) is 6.44. The van der Waals surface area contributed by atoms with Gasteiger partial charge in [-0.3, -0.25) is 0 Å². The van der Waals surface area contributed by atoms with E-state index in [0.717, 1.165) is 30.2 Å². The molecule has 0 amide bonds. The van der Waals surface area contributed by atoms with Crippen LogP contribution in [-0.2, 0) is 16.3 Å². The molecule has 4 heteroatoms. The van der Waals surface area contributed by atoms with Crippen molar-refractivity contribution in [2.24, 2.45) is 0 Å². The highest BCUT2D eigenvalue weighted by molar-refractivity contribution is 7.90. The summed E-state index contributed by atoms with van der Waals surface area (Å²) in [6.45, 7) is 2.16. The topological polar surface area (TPSA) is 49.9 Å². The van der Waals surface area contributed by atoms with E-state index < -0.39 is 9.84 Å². The molecule has 1 heterocycles. The highest BCUT2D eigenvalue weighted by atomic mass is 32.2. The van der Waals surface area contributed by atoms with Crippen molar-refractivity contribution in [2.75, 3.05) is 6.26 Å². The van der Waals surface area contributed by atoms with Crippen LogP contribution in [0.4, 0.5) is 0 Å². The van der Waals surface area contributed by atoms with Crippen molar-refractivity contribution in [3.8, 4) is 0 Å². The first kappa shape index (κ1) is 12.2. The van der Waals surface area contributed by atoms with Gasteiger partial charge in [0.15, 0.2) is 9.84 Å². The van der Waals surface area contributed by atoms with Gasteiger partial charge < -0.3 is 4.98 Å². The second-order valence-electron chi connectivity index (χ2n) is 4.42. The molecule has 1 aromatic carbocycles. The zero-order chi connectivity index (χ0) is 12.5. The van der Waals surface area contributed by atoms with Crippen molar-refractivity contribution in [2.45, 2.75) is 31.1 Å². The minimum atomic E-state index is -3.12. The van der Waals surface area contributed by atoms with E-state index in [4.69, 9.17) is 0 Å². The van der Waals surface area contributed by atoms with Crippen LogP contribution in [-0.4, -0.2) is 19.7 Å². The van der Waals surface area contributed by atoms with Gasteiger partial charge in [-0.2, -0.15) is 0 Å². The highest BCUT2D eigenvalue weighted by Crippen LogP contribution is 2.20. The molecule has 0 bridgehead atoms. The first-order chi connectivity index (χ1) is 8.00. The first-order valence-electron chi connectivity index (χ1n) is 5.82. The average Bonchev–Trinajstić information content (AvgIpc) is 2.66. The Hall–Kier alpha value is -1.29. The number of fused-ring (bicyclic) bond motifs is 1. The van der Waals surface area contributed by atoms with Gasteiger partial charge in [-0.25, -0.2) is 8.42 Å². The lowest BCUT2D eigenvalue weighted by molar-refractivity contribution is 0.602. The third kappa shape index (κ3) is 2.69. The molecule has 3 nitrogen and oxygen atoms in total. The molecule has 0 spiro atoms. The summed E-state index contributed by atoms with van der Waals surface area (Å²) in [5.41, 5.74) is 2.18. The molecular weight excluding hydrogens is 234 g/mol. The molecule has 1 N–H and O–H groups in total. The maximum Gasteiger partial charge on any atom is 0.175 e. The standard InChI is InChI=1S/C13H17NO2S/c1-3-4-5-11-8-10-9-12(17(2,15)16)6-7-13(10)14-11/h6-9,14H,3-5H2,1-2H3. The van der Waals surface area contributed by atoms with Gasteiger partial charge in [-0.15, -0.1) is 0 Å². The molecule has 0 radical (unpaired) electrons. The van der Waals surface area contributed by atoms with Crippen molar-refractivity contribution in [3.63, 3.8) is 0 Å². The fourth-order valence-corrected chi connectivity index (χ4v) is 2.56. The molecule has 2 aromatic rings. The average molecular weight is 251 g/mol. The Morgan fingerprint density at radius 1 is 1.24 bits per heavy atom. The molecule has 0 unspecified atom stereocenters. The molecule has 0 saturated carbocycles. The van der Waals surface area contributed by atoms with Crippen LogP contribution < -0.4 is 0 Å². The highest BCUT2D eigenvalue weighted by Gasteiger charge is 2.08. The SMILES string of the molecule is CCCCc1cc2cc(S(C)(=O)=O)ccc2[nH]1. The van der Waals surface area contributed by atoms with Crippen LogP contribution >= 0.6 is 0 Å². The third-order valence-electron chi connectivity index (χ3n) is 2.88. The van der Waals surface area contributed by atoms with E-state index >= 15 is 0 Å². The minimum Gasteiger partial charge on any atom is -0.358 e. The summed E-state index contributed by atoms with van der Waals surface area (Å²) in [4.78, 5) is 3.69. The molecule has 0 saturated heterocycles. The summed E-state index contributed by atoms with van der Waals surface area (Å²) in [6, 6.07) is 7.26. The number of H-pyrrole nitrogens is 1. The number of aromatic nitrogens is 1. The zero-order valence-corrected chi connectivity index (χ0v) is 11.0. The number of rotatable bonds is 4. The summed E-state index contributed by atoms with van der Waals surface area (Å²) < 4.78 is 22.9. The van der Waals surface area contributed by atoms with E-state index in [9.17, 15) is 8.42 Å². The van der Waals surface area contributed by atoms with E-state index in [1.807, 2.05) is 12.1 Å². The number of hydrogen-bond acceptors (Lipinski definition) is 2. The van der Waals surface area contributed by atoms with Crippen molar-refractivity contribution < 1.29 is 8.42 Å². The van der Waals surface area contributed by atoms with Gasteiger partial charge in [0.25, 0.3) is 0 Å². The van der Waals surface area contributed by atoms with Gasteiger partial charge >= 0.3 is 0 Å². The van der Waals surface area contributed by atoms with E-state index in [1.165, 1.54) is 11.9 Å². The van der Waals surface area contributed by atoms with E-state index in [1.54, 1.807) is 12.1 Å². The van der Waals surface area contributed by atoms with Crippen LogP contribution in [0.3, 0.4) is 0 Å². The summed E-state index contributed by atoms with van der Waals surface area (Å²) in [5.74, 6) is 0. The van der Waals surface area contributed by atoms with Crippen molar-refractivity contribution in [1.29, 1.82) is 0 Å². The number of aromatic amines is 1. The fourth-order valence-electron chi connectivity index (χ4n) is 1.90. The summed E-state index contributed by atoms with van der Waals surface area (Å²) in [6.07, 6.45) is 4.55. The number of aryl methyl sites for hydroxylation is 1. The Balaban J connectivity index is 2.41. The molecule has 0 aliphatic rings. The number of sulfone groups is 1. The summed E-state index contributed by atoms with van der Waals surface area (Å²) >= 11 is 0. The number of nitrogens with one attached hydrogen (secondary N) is 1. The normalized spacial score (nSPS) is 12.1. The third-order valence-corrected chi connectivity index (χ3v) is 3.99. The van der Waals surface area contributed by atoms with Gasteiger partial charge in [0.05, 0.1) is 4.90 Å². The lowest BCUT2D eigenvalue weighted by Crippen LogP contribution is -1.95. The molecule has 17 heavy (non-hydrogen) atoms. The lowest BCUT2D eigenvalue weighted by atomic mass is 10.2. The lowest BCUT2D eigenvalue weighted by Gasteiger charge is -1.97.